The minimum absolute atomic E-state index is 0.0835. The molecule has 1 aromatic heterocycles. The van der Waals surface area contributed by atoms with Gasteiger partial charge in [-0.1, -0.05) is 5.16 Å². The third-order valence-corrected chi connectivity index (χ3v) is 4.55. The molecule has 2 heterocycles. The molecule has 0 aromatic carbocycles. The first-order chi connectivity index (χ1) is 11.5. The van der Waals surface area contributed by atoms with Crippen LogP contribution in [0.4, 0.5) is 0 Å². The Balaban J connectivity index is 1.76. The van der Waals surface area contributed by atoms with Gasteiger partial charge in [0.25, 0.3) is 0 Å². The average molecular weight is 339 g/mol. The predicted octanol–water partition coefficient (Wildman–Crippen LogP) is 0.598. The van der Waals surface area contributed by atoms with Crippen LogP contribution in [-0.2, 0) is 9.53 Å². The molecule has 1 N–H and O–H groups in total. The van der Waals surface area contributed by atoms with Crippen molar-refractivity contribution in [3.8, 4) is 0 Å². The van der Waals surface area contributed by atoms with Crippen LogP contribution >= 0.6 is 0 Å². The lowest BCUT2D eigenvalue weighted by molar-refractivity contribution is -0.126. The fraction of sp³-hybridized carbons (Fsp3) is 0.812. The van der Waals surface area contributed by atoms with Crippen molar-refractivity contribution in [1.29, 1.82) is 0 Å². The minimum atomic E-state index is -0.115. The summed E-state index contributed by atoms with van der Waals surface area (Å²) in [7, 11) is 1.67. The summed E-state index contributed by atoms with van der Waals surface area (Å²) in [5.41, 5.74) is 0. The van der Waals surface area contributed by atoms with Crippen LogP contribution in [0.15, 0.2) is 4.52 Å². The maximum absolute atomic E-state index is 12.2. The third-order valence-electron chi connectivity index (χ3n) is 4.55. The molecule has 0 saturated carbocycles. The van der Waals surface area contributed by atoms with Crippen molar-refractivity contribution in [1.82, 2.24) is 25.3 Å². The van der Waals surface area contributed by atoms with E-state index in [9.17, 15) is 4.79 Å². The van der Waals surface area contributed by atoms with E-state index in [1.54, 1.807) is 7.11 Å². The molecule has 1 amide bonds. The molecule has 1 saturated heterocycles. The lowest BCUT2D eigenvalue weighted by Gasteiger charge is -2.39. The highest BCUT2D eigenvalue weighted by Crippen LogP contribution is 2.20. The van der Waals surface area contributed by atoms with Crippen LogP contribution < -0.4 is 5.32 Å². The van der Waals surface area contributed by atoms with Gasteiger partial charge in [0.2, 0.25) is 11.8 Å². The number of carbonyl (C=O) groups is 1. The quantitative estimate of drug-likeness (QED) is 0.694. The number of piperazine rings is 1. The van der Waals surface area contributed by atoms with Gasteiger partial charge in [-0.3, -0.25) is 14.6 Å². The normalized spacial score (nSPS) is 19.2. The maximum Gasteiger partial charge on any atom is 0.243 e. The highest BCUT2D eigenvalue weighted by atomic mass is 16.5. The van der Waals surface area contributed by atoms with Crippen LogP contribution in [0.25, 0.3) is 0 Å². The van der Waals surface area contributed by atoms with E-state index in [1.165, 1.54) is 0 Å². The number of hydrogen-bond donors (Lipinski definition) is 1. The Bertz CT molecular complexity index is 514. The van der Waals surface area contributed by atoms with Crippen LogP contribution in [0.1, 0.15) is 38.0 Å². The minimum Gasteiger partial charge on any atom is -0.385 e. The number of methoxy groups -OCH3 is 1. The number of ether oxygens (including phenoxy) is 1. The second-order valence-electron chi connectivity index (χ2n) is 6.24. The Hall–Kier alpha value is -1.51. The van der Waals surface area contributed by atoms with E-state index in [1.807, 2.05) is 13.8 Å². The maximum atomic E-state index is 12.2. The highest BCUT2D eigenvalue weighted by Gasteiger charge is 2.29. The zero-order valence-electron chi connectivity index (χ0n) is 15.1. The second-order valence-corrected chi connectivity index (χ2v) is 6.24. The van der Waals surface area contributed by atoms with Crippen molar-refractivity contribution >= 4 is 5.91 Å². The molecule has 136 valence electrons. The molecule has 8 heteroatoms. The predicted molar refractivity (Wildman–Crippen MR) is 89.6 cm³/mol. The van der Waals surface area contributed by atoms with Gasteiger partial charge < -0.3 is 14.6 Å². The monoisotopic (exact) mass is 339 g/mol. The van der Waals surface area contributed by atoms with Crippen molar-refractivity contribution in [2.75, 3.05) is 46.4 Å². The molecule has 1 aromatic rings. The largest absolute Gasteiger partial charge is 0.385 e. The van der Waals surface area contributed by atoms with Gasteiger partial charge >= 0.3 is 0 Å². The van der Waals surface area contributed by atoms with Crippen LogP contribution in [-0.4, -0.2) is 78.3 Å². The molecule has 0 aliphatic carbocycles. The number of hydrogen-bond acceptors (Lipinski definition) is 7. The molecule has 24 heavy (non-hydrogen) atoms. The van der Waals surface area contributed by atoms with Crippen LogP contribution in [0.5, 0.6) is 0 Å². The first-order valence-corrected chi connectivity index (χ1v) is 8.58. The Labute approximate surface area is 143 Å². The van der Waals surface area contributed by atoms with Crippen molar-refractivity contribution in [3.63, 3.8) is 0 Å². The molecule has 0 spiro atoms. The summed E-state index contributed by atoms with van der Waals surface area (Å²) in [4.78, 5) is 21.0. The van der Waals surface area contributed by atoms with Gasteiger partial charge in [-0.2, -0.15) is 4.98 Å². The fourth-order valence-corrected chi connectivity index (χ4v) is 2.89. The van der Waals surface area contributed by atoms with Gasteiger partial charge in [-0.05, 0) is 27.2 Å². The van der Waals surface area contributed by atoms with E-state index >= 15 is 0 Å². The van der Waals surface area contributed by atoms with Crippen LogP contribution in [0, 0.1) is 6.92 Å². The lowest BCUT2D eigenvalue weighted by Crippen LogP contribution is -2.54. The zero-order valence-corrected chi connectivity index (χ0v) is 15.1. The number of nitrogens with one attached hydrogen (secondary N) is 1. The van der Waals surface area contributed by atoms with Gasteiger partial charge in [-0.15, -0.1) is 0 Å². The molecule has 0 bridgehead atoms. The van der Waals surface area contributed by atoms with Crippen molar-refractivity contribution in [2.45, 2.75) is 39.3 Å². The highest BCUT2D eigenvalue weighted by molar-refractivity contribution is 5.81. The number of aryl methyl sites for hydroxylation is 1. The number of nitrogens with zero attached hydrogens (tertiary/aromatic N) is 4. The summed E-state index contributed by atoms with van der Waals surface area (Å²) >= 11 is 0. The Morgan fingerprint density at radius 1 is 1.29 bits per heavy atom. The smallest absolute Gasteiger partial charge is 0.243 e. The van der Waals surface area contributed by atoms with E-state index in [2.05, 4.69) is 32.2 Å². The first-order valence-electron chi connectivity index (χ1n) is 8.58. The van der Waals surface area contributed by atoms with E-state index < -0.39 is 0 Å². The number of amides is 1. The van der Waals surface area contributed by atoms with Crippen molar-refractivity contribution < 1.29 is 14.1 Å². The van der Waals surface area contributed by atoms with Gasteiger partial charge in [0.1, 0.15) is 0 Å². The second kappa shape index (κ2) is 9.10. The Morgan fingerprint density at radius 2 is 1.96 bits per heavy atom. The van der Waals surface area contributed by atoms with Crippen molar-refractivity contribution in [2.24, 2.45) is 0 Å². The van der Waals surface area contributed by atoms with Gasteiger partial charge in [-0.25, -0.2) is 0 Å². The summed E-state index contributed by atoms with van der Waals surface area (Å²) in [5.74, 6) is 1.40. The lowest BCUT2D eigenvalue weighted by atomic mass is 10.2. The topological polar surface area (TPSA) is 83.7 Å². The zero-order chi connectivity index (χ0) is 17.5. The Morgan fingerprint density at radius 3 is 2.54 bits per heavy atom. The van der Waals surface area contributed by atoms with Gasteiger partial charge in [0.05, 0.1) is 12.1 Å². The summed E-state index contributed by atoms with van der Waals surface area (Å²) in [6.45, 7) is 10.7. The van der Waals surface area contributed by atoms with Crippen LogP contribution in [0.2, 0.25) is 0 Å². The molecule has 1 fully saturated rings. The molecule has 8 nitrogen and oxygen atoms in total. The van der Waals surface area contributed by atoms with E-state index in [0.717, 1.165) is 32.6 Å². The fourth-order valence-electron chi connectivity index (χ4n) is 2.89. The molecular weight excluding hydrogens is 310 g/mol. The molecule has 2 rings (SSSR count). The molecular formula is C16H29N5O3. The standard InChI is InChI=1S/C16H29N5O3/c1-12(15(22)17-6-5-11-23-4)20-7-9-21(10-8-20)13(2)16-18-14(3)19-24-16/h12-13H,5-11H2,1-4H3,(H,17,22). The third kappa shape index (κ3) is 4.99. The van der Waals surface area contributed by atoms with E-state index in [4.69, 9.17) is 9.26 Å². The molecule has 1 aliphatic heterocycles. The Kier molecular flexibility index (Phi) is 7.14. The number of aromatic nitrogens is 2. The SMILES string of the molecule is COCCCNC(=O)C(C)N1CCN(C(C)c2nc(C)no2)CC1. The van der Waals surface area contributed by atoms with Crippen molar-refractivity contribution in [3.05, 3.63) is 11.7 Å². The summed E-state index contributed by atoms with van der Waals surface area (Å²) in [6.07, 6.45) is 0.837. The molecule has 2 atom stereocenters. The molecule has 1 aliphatic rings. The average Bonchev–Trinajstić information content (AvgIpc) is 3.04. The summed E-state index contributed by atoms with van der Waals surface area (Å²) in [5, 5.41) is 6.83. The van der Waals surface area contributed by atoms with Gasteiger partial charge in [0, 0.05) is 46.4 Å². The van der Waals surface area contributed by atoms with Crippen LogP contribution in [0.3, 0.4) is 0 Å². The molecule has 0 radical (unpaired) electrons. The van der Waals surface area contributed by atoms with E-state index in [-0.39, 0.29) is 18.0 Å². The summed E-state index contributed by atoms with van der Waals surface area (Å²) < 4.78 is 10.3. The molecule has 2 unspecified atom stereocenters. The number of carbonyl (C=O) groups excluding carboxylic acids is 1. The van der Waals surface area contributed by atoms with Gasteiger partial charge in [0.15, 0.2) is 5.82 Å². The number of rotatable bonds is 8. The first kappa shape index (κ1) is 18.8. The van der Waals surface area contributed by atoms with E-state index in [0.29, 0.717) is 24.9 Å². The summed E-state index contributed by atoms with van der Waals surface area (Å²) in [6, 6.07) is -0.0119.